The number of ether oxygens (including phenoxy) is 1. The second kappa shape index (κ2) is 11.3. The number of rotatable bonds is 9. The van der Waals surface area contributed by atoms with E-state index in [1.165, 1.54) is 12.1 Å². The second-order valence-corrected chi connectivity index (χ2v) is 9.09. The van der Waals surface area contributed by atoms with E-state index in [1.807, 2.05) is 17.1 Å². The molecule has 2 heterocycles. The highest BCUT2D eigenvalue weighted by Gasteiger charge is 2.23. The van der Waals surface area contributed by atoms with E-state index in [0.29, 0.717) is 29.6 Å². The number of hydrogen-bond donors (Lipinski definition) is 3. The summed E-state index contributed by atoms with van der Waals surface area (Å²) in [5, 5.41) is 16.7. The van der Waals surface area contributed by atoms with Crippen LogP contribution in [0.25, 0.3) is 10.9 Å². The number of carbonyl (C=O) groups excluding carboxylic acids is 1. The Morgan fingerprint density at radius 3 is 2.91 bits per heavy atom. The highest BCUT2D eigenvalue weighted by molar-refractivity contribution is 6.31. The molecule has 7 nitrogen and oxygen atoms in total. The Hall–Kier alpha value is -2.49. The number of nitrogens with zero attached hydrogens (tertiary/aromatic N) is 2. The molecule has 0 bridgehead atoms. The van der Waals surface area contributed by atoms with E-state index in [1.54, 1.807) is 24.3 Å². The molecule has 1 aliphatic heterocycles. The van der Waals surface area contributed by atoms with Crippen LogP contribution in [0.2, 0.25) is 10.0 Å². The summed E-state index contributed by atoms with van der Waals surface area (Å²) in [6, 6.07) is 13.0. The van der Waals surface area contributed by atoms with Crippen LogP contribution in [-0.4, -0.2) is 59.9 Å². The van der Waals surface area contributed by atoms with Crippen molar-refractivity contribution in [1.82, 2.24) is 20.7 Å². The molecule has 2 unspecified atom stereocenters. The summed E-state index contributed by atoms with van der Waals surface area (Å²) in [4.78, 5) is 16.9. The molecule has 34 heavy (non-hydrogen) atoms. The van der Waals surface area contributed by atoms with Crippen LogP contribution in [-0.2, 0) is 0 Å². The van der Waals surface area contributed by atoms with Gasteiger partial charge in [-0.15, -0.1) is 0 Å². The first-order chi connectivity index (χ1) is 16.4. The molecule has 0 aliphatic carbocycles. The van der Waals surface area contributed by atoms with E-state index in [0.717, 1.165) is 30.4 Å². The lowest BCUT2D eigenvalue weighted by molar-refractivity contribution is 0.0811. The van der Waals surface area contributed by atoms with Crippen LogP contribution >= 0.6 is 23.2 Å². The van der Waals surface area contributed by atoms with Crippen molar-refractivity contribution in [2.75, 3.05) is 32.8 Å². The third kappa shape index (κ3) is 6.55. The summed E-state index contributed by atoms with van der Waals surface area (Å²) in [6.07, 6.45) is 0.138. The first-order valence-electron chi connectivity index (χ1n) is 11.0. The molecule has 10 heteroatoms. The van der Waals surface area contributed by atoms with Crippen molar-refractivity contribution in [1.29, 1.82) is 0 Å². The third-order valence-corrected chi connectivity index (χ3v) is 6.15. The van der Waals surface area contributed by atoms with Crippen LogP contribution in [0.3, 0.4) is 0 Å². The highest BCUT2D eigenvalue weighted by atomic mass is 35.5. The lowest BCUT2D eigenvalue weighted by atomic mass is 10.1. The fraction of sp³-hybridized carbons (Fsp3) is 0.333. The van der Waals surface area contributed by atoms with Crippen LogP contribution < -0.4 is 15.5 Å². The first kappa shape index (κ1) is 24.6. The van der Waals surface area contributed by atoms with E-state index in [9.17, 15) is 14.3 Å². The number of hydrazine groups is 1. The fourth-order valence-electron chi connectivity index (χ4n) is 3.75. The molecule has 0 saturated carbocycles. The van der Waals surface area contributed by atoms with E-state index in [4.69, 9.17) is 27.9 Å². The lowest BCUT2D eigenvalue weighted by Crippen LogP contribution is -2.43. The van der Waals surface area contributed by atoms with Crippen molar-refractivity contribution in [3.8, 4) is 5.75 Å². The number of halogens is 3. The predicted octanol–water partition coefficient (Wildman–Crippen LogP) is 3.68. The van der Waals surface area contributed by atoms with Gasteiger partial charge in [-0.05, 0) is 48.7 Å². The minimum Gasteiger partial charge on any atom is -0.491 e. The maximum absolute atomic E-state index is 13.4. The van der Waals surface area contributed by atoms with Crippen LogP contribution in [0.15, 0.2) is 48.5 Å². The van der Waals surface area contributed by atoms with E-state index >= 15 is 0 Å². The monoisotopic (exact) mass is 506 g/mol. The Kier molecular flexibility index (Phi) is 8.18. The summed E-state index contributed by atoms with van der Waals surface area (Å²) >= 11 is 11.6. The van der Waals surface area contributed by atoms with E-state index < -0.39 is 11.9 Å². The number of amides is 1. The quantitative estimate of drug-likeness (QED) is 0.410. The van der Waals surface area contributed by atoms with E-state index in [2.05, 4.69) is 15.7 Å². The van der Waals surface area contributed by atoms with Crippen molar-refractivity contribution in [3.05, 3.63) is 70.1 Å². The number of hydrogen-bond acceptors (Lipinski definition) is 6. The van der Waals surface area contributed by atoms with Gasteiger partial charge in [0.1, 0.15) is 30.0 Å². The Balaban J connectivity index is 1.17. The molecular formula is C24H25Cl2FN4O3. The van der Waals surface area contributed by atoms with Crippen LogP contribution in [0.4, 0.5) is 4.39 Å². The number of pyridine rings is 1. The zero-order valence-electron chi connectivity index (χ0n) is 18.3. The molecule has 0 radical (unpaired) electrons. The van der Waals surface area contributed by atoms with Crippen molar-refractivity contribution in [2.45, 2.75) is 12.5 Å². The summed E-state index contributed by atoms with van der Waals surface area (Å²) in [6.45, 7) is 2.38. The number of aliphatic hydroxyl groups is 1. The van der Waals surface area contributed by atoms with Gasteiger partial charge in [-0.2, -0.15) is 0 Å². The minimum atomic E-state index is -0.772. The second-order valence-electron chi connectivity index (χ2n) is 8.25. The normalized spacial score (nSPS) is 17.1. The van der Waals surface area contributed by atoms with Crippen molar-refractivity contribution >= 4 is 40.0 Å². The summed E-state index contributed by atoms with van der Waals surface area (Å²) in [5.74, 6) is -0.193. The van der Waals surface area contributed by atoms with Gasteiger partial charge in [0.05, 0.1) is 10.5 Å². The Bertz CT molecular complexity index is 1170. The van der Waals surface area contributed by atoms with Crippen molar-refractivity contribution in [2.24, 2.45) is 5.92 Å². The summed E-state index contributed by atoms with van der Waals surface area (Å²) in [7, 11) is 0. The first-order valence-corrected chi connectivity index (χ1v) is 11.7. The largest absolute Gasteiger partial charge is 0.491 e. The van der Waals surface area contributed by atoms with Gasteiger partial charge < -0.3 is 15.2 Å². The number of nitrogens with one attached hydrogen (secondary N) is 2. The van der Waals surface area contributed by atoms with E-state index in [-0.39, 0.29) is 23.5 Å². The maximum Gasteiger partial charge on any atom is 0.269 e. The average molecular weight is 507 g/mol. The molecule has 1 aliphatic rings. The van der Waals surface area contributed by atoms with Gasteiger partial charge in [-0.3, -0.25) is 10.2 Å². The number of carbonyl (C=O) groups is 1. The number of aliphatic hydroxyl groups excluding tert-OH is 1. The molecule has 1 amide bonds. The highest BCUT2D eigenvalue weighted by Crippen LogP contribution is 2.21. The number of benzene rings is 2. The zero-order valence-corrected chi connectivity index (χ0v) is 19.8. The molecule has 3 N–H and O–H groups in total. The van der Waals surface area contributed by atoms with Crippen LogP contribution in [0, 0.1) is 11.7 Å². The van der Waals surface area contributed by atoms with Gasteiger partial charge in [0.2, 0.25) is 0 Å². The topological polar surface area (TPSA) is 86.7 Å². The summed E-state index contributed by atoms with van der Waals surface area (Å²) in [5.41, 5.74) is 4.27. The van der Waals surface area contributed by atoms with Crippen molar-refractivity contribution in [3.63, 3.8) is 0 Å². The van der Waals surface area contributed by atoms with Gasteiger partial charge in [-0.1, -0.05) is 29.3 Å². The van der Waals surface area contributed by atoms with Crippen molar-refractivity contribution < 1.29 is 19.0 Å². The zero-order chi connectivity index (χ0) is 24.1. The fourth-order valence-corrected chi connectivity index (χ4v) is 4.04. The SMILES string of the molecule is O=C(NCC1CCN(NCC(O)COc2ccc(Cl)c(F)c2)C1)c1ccc2cc(Cl)ccc2n1. The maximum atomic E-state index is 13.4. The molecule has 2 aromatic carbocycles. The van der Waals surface area contributed by atoms with Gasteiger partial charge in [0.25, 0.3) is 5.91 Å². The molecule has 3 aromatic rings. The Morgan fingerprint density at radius 1 is 1.24 bits per heavy atom. The van der Waals surface area contributed by atoms with Gasteiger partial charge in [0.15, 0.2) is 0 Å². The molecule has 4 rings (SSSR count). The smallest absolute Gasteiger partial charge is 0.269 e. The molecule has 1 aromatic heterocycles. The molecule has 0 spiro atoms. The summed E-state index contributed by atoms with van der Waals surface area (Å²) < 4.78 is 18.9. The molecule has 1 saturated heterocycles. The molecule has 1 fully saturated rings. The minimum absolute atomic E-state index is 0.0202. The predicted molar refractivity (Wildman–Crippen MR) is 130 cm³/mol. The molecule has 2 atom stereocenters. The van der Waals surface area contributed by atoms with Crippen LogP contribution in [0.1, 0.15) is 16.9 Å². The Labute approximate surface area is 206 Å². The van der Waals surface area contributed by atoms with Gasteiger partial charge in [0, 0.05) is 42.7 Å². The molecular weight excluding hydrogens is 482 g/mol. The lowest BCUT2D eigenvalue weighted by Gasteiger charge is -2.20. The standard InChI is InChI=1S/C24H25Cl2FN4O3/c25-17-2-6-22-16(9-17)1-5-23(30-22)24(33)28-11-15-7-8-31(13-15)29-12-18(32)14-34-19-3-4-20(26)21(27)10-19/h1-6,9-10,15,18,29,32H,7-8,11-14H2,(H,28,33). The average Bonchev–Trinajstić information content (AvgIpc) is 3.29. The Morgan fingerprint density at radius 2 is 2.09 bits per heavy atom. The van der Waals surface area contributed by atoms with Gasteiger partial charge >= 0.3 is 0 Å². The third-order valence-electron chi connectivity index (χ3n) is 5.60. The number of aromatic nitrogens is 1. The molecule has 180 valence electrons. The van der Waals surface area contributed by atoms with Crippen LogP contribution in [0.5, 0.6) is 5.75 Å². The van der Waals surface area contributed by atoms with Gasteiger partial charge in [-0.25, -0.2) is 14.4 Å². The number of fused-ring (bicyclic) bond motifs is 1.